The molecule has 1 fully saturated rings. The van der Waals surface area contributed by atoms with Gasteiger partial charge in [0.1, 0.15) is 6.54 Å². The summed E-state index contributed by atoms with van der Waals surface area (Å²) >= 11 is 0. The first-order valence-corrected chi connectivity index (χ1v) is 10.6. The zero-order valence-electron chi connectivity index (χ0n) is 14.6. The lowest BCUT2D eigenvalue weighted by Gasteiger charge is -2.24. The quantitative estimate of drug-likeness (QED) is 0.820. The lowest BCUT2D eigenvalue weighted by Crippen LogP contribution is -2.41. The summed E-state index contributed by atoms with van der Waals surface area (Å²) in [6.45, 7) is 2.52. The number of sulfonamides is 1. The summed E-state index contributed by atoms with van der Waals surface area (Å²) in [4.78, 5) is 12.2. The Balaban J connectivity index is 1.98. The van der Waals surface area contributed by atoms with E-state index in [0.717, 1.165) is 31.1 Å². The van der Waals surface area contributed by atoms with Crippen LogP contribution in [0, 0.1) is 5.92 Å². The molecule has 24 heavy (non-hydrogen) atoms. The molecule has 5 nitrogen and oxygen atoms in total. The Kier molecular flexibility index (Phi) is 6.66. The zero-order chi connectivity index (χ0) is 17.6. The Labute approximate surface area is 145 Å². The number of hydrogen-bond acceptors (Lipinski definition) is 3. The second-order valence-electron chi connectivity index (χ2n) is 6.60. The van der Waals surface area contributed by atoms with Gasteiger partial charge in [-0.1, -0.05) is 38.3 Å². The van der Waals surface area contributed by atoms with E-state index >= 15 is 0 Å². The summed E-state index contributed by atoms with van der Waals surface area (Å²) in [5, 5.41) is 2.90. The first-order chi connectivity index (χ1) is 11.4. The van der Waals surface area contributed by atoms with Crippen LogP contribution in [0.15, 0.2) is 24.3 Å². The van der Waals surface area contributed by atoms with Crippen LogP contribution in [0.5, 0.6) is 0 Å². The van der Waals surface area contributed by atoms with Gasteiger partial charge >= 0.3 is 0 Å². The molecule has 1 aliphatic carbocycles. The monoisotopic (exact) mass is 352 g/mol. The van der Waals surface area contributed by atoms with Crippen LogP contribution in [-0.2, 0) is 21.2 Å². The SMILES string of the molecule is CCc1ccc(N(CC(=O)NCC2CCCCC2)S(C)(=O)=O)cc1. The van der Waals surface area contributed by atoms with Gasteiger partial charge in [0.2, 0.25) is 15.9 Å². The van der Waals surface area contributed by atoms with Crippen molar-refractivity contribution in [1.82, 2.24) is 5.32 Å². The summed E-state index contributed by atoms with van der Waals surface area (Å²) in [7, 11) is -3.50. The van der Waals surface area contributed by atoms with Crippen LogP contribution >= 0.6 is 0 Å². The first kappa shape index (κ1) is 18.8. The lowest BCUT2D eigenvalue weighted by atomic mass is 9.89. The fourth-order valence-corrected chi connectivity index (χ4v) is 3.99. The van der Waals surface area contributed by atoms with Gasteiger partial charge in [-0.25, -0.2) is 8.42 Å². The highest BCUT2D eigenvalue weighted by atomic mass is 32.2. The third kappa shape index (κ3) is 5.51. The molecule has 2 rings (SSSR count). The molecule has 1 N–H and O–H groups in total. The molecule has 0 saturated heterocycles. The van der Waals surface area contributed by atoms with Gasteiger partial charge in [0.15, 0.2) is 0 Å². The number of nitrogens with zero attached hydrogens (tertiary/aromatic N) is 1. The molecule has 1 aliphatic rings. The number of carbonyl (C=O) groups excluding carboxylic acids is 1. The minimum Gasteiger partial charge on any atom is -0.354 e. The maximum Gasteiger partial charge on any atom is 0.240 e. The normalized spacial score (nSPS) is 15.9. The molecule has 0 aromatic heterocycles. The standard InChI is InChI=1S/C18H28N2O3S/c1-3-15-9-11-17(12-10-15)20(24(2,22)23)14-18(21)19-13-16-7-5-4-6-8-16/h9-12,16H,3-8,13-14H2,1-2H3,(H,19,21). The van der Waals surface area contributed by atoms with Crippen LogP contribution in [0.1, 0.15) is 44.6 Å². The molecule has 1 saturated carbocycles. The molecule has 0 radical (unpaired) electrons. The third-order valence-electron chi connectivity index (χ3n) is 4.63. The smallest absolute Gasteiger partial charge is 0.240 e. The van der Waals surface area contributed by atoms with Crippen molar-refractivity contribution in [1.29, 1.82) is 0 Å². The summed E-state index contributed by atoms with van der Waals surface area (Å²) in [6, 6.07) is 7.31. The summed E-state index contributed by atoms with van der Waals surface area (Å²) < 4.78 is 25.3. The average Bonchev–Trinajstić information content (AvgIpc) is 2.58. The Bertz CT molecular complexity index is 635. The van der Waals surface area contributed by atoms with Crippen LogP contribution in [0.25, 0.3) is 0 Å². The van der Waals surface area contributed by atoms with Gasteiger partial charge in [0.05, 0.1) is 11.9 Å². The van der Waals surface area contributed by atoms with E-state index in [0.29, 0.717) is 18.2 Å². The minimum atomic E-state index is -3.50. The molecule has 0 aliphatic heterocycles. The van der Waals surface area contributed by atoms with Crippen molar-refractivity contribution < 1.29 is 13.2 Å². The molecule has 134 valence electrons. The number of anilines is 1. The van der Waals surface area contributed by atoms with Crippen LogP contribution in [0.4, 0.5) is 5.69 Å². The largest absolute Gasteiger partial charge is 0.354 e. The van der Waals surface area contributed by atoms with Crippen LogP contribution in [0.3, 0.4) is 0 Å². The Morgan fingerprint density at radius 2 is 1.79 bits per heavy atom. The molecular formula is C18H28N2O3S. The number of nitrogens with one attached hydrogen (secondary N) is 1. The van der Waals surface area contributed by atoms with Gasteiger partial charge < -0.3 is 5.32 Å². The highest BCUT2D eigenvalue weighted by Crippen LogP contribution is 2.23. The number of amides is 1. The second-order valence-corrected chi connectivity index (χ2v) is 8.50. The molecule has 0 spiro atoms. The molecule has 1 aromatic rings. The van der Waals surface area contributed by atoms with Crippen molar-refractivity contribution in [2.45, 2.75) is 45.4 Å². The predicted octanol–water partition coefficient (Wildman–Crippen LogP) is 2.71. The number of hydrogen-bond donors (Lipinski definition) is 1. The van der Waals surface area contributed by atoms with Crippen molar-refractivity contribution in [3.8, 4) is 0 Å². The number of aryl methyl sites for hydroxylation is 1. The van der Waals surface area contributed by atoms with Crippen molar-refractivity contribution in [3.05, 3.63) is 29.8 Å². The number of benzene rings is 1. The summed E-state index contributed by atoms with van der Waals surface area (Å²) in [6.07, 6.45) is 8.04. The molecule has 0 heterocycles. The average molecular weight is 352 g/mol. The number of rotatable bonds is 7. The maximum atomic E-state index is 12.2. The van der Waals surface area contributed by atoms with E-state index in [1.54, 1.807) is 12.1 Å². The second kappa shape index (κ2) is 8.51. The fourth-order valence-electron chi connectivity index (χ4n) is 3.13. The first-order valence-electron chi connectivity index (χ1n) is 8.73. The molecule has 6 heteroatoms. The van der Waals surface area contributed by atoms with Gasteiger partial charge in [0, 0.05) is 6.54 Å². The Hall–Kier alpha value is -1.56. The van der Waals surface area contributed by atoms with Crippen molar-refractivity contribution in [2.24, 2.45) is 5.92 Å². The van der Waals surface area contributed by atoms with E-state index in [1.807, 2.05) is 19.1 Å². The van der Waals surface area contributed by atoms with E-state index in [2.05, 4.69) is 5.32 Å². The molecule has 1 amide bonds. The van der Waals surface area contributed by atoms with Gasteiger partial charge in [-0.3, -0.25) is 9.10 Å². The van der Waals surface area contributed by atoms with E-state index in [1.165, 1.54) is 23.6 Å². The van der Waals surface area contributed by atoms with Crippen LogP contribution < -0.4 is 9.62 Å². The molecular weight excluding hydrogens is 324 g/mol. The van der Waals surface area contributed by atoms with E-state index in [9.17, 15) is 13.2 Å². The summed E-state index contributed by atoms with van der Waals surface area (Å²) in [5.74, 6) is 0.281. The number of carbonyl (C=O) groups is 1. The van der Waals surface area contributed by atoms with Crippen LogP contribution in [-0.4, -0.2) is 33.7 Å². The van der Waals surface area contributed by atoms with Crippen molar-refractivity contribution in [2.75, 3.05) is 23.7 Å². The van der Waals surface area contributed by atoms with Gasteiger partial charge in [-0.2, -0.15) is 0 Å². The topological polar surface area (TPSA) is 66.5 Å². The molecule has 0 bridgehead atoms. The maximum absolute atomic E-state index is 12.2. The van der Waals surface area contributed by atoms with Crippen molar-refractivity contribution >= 4 is 21.6 Å². The lowest BCUT2D eigenvalue weighted by molar-refractivity contribution is -0.119. The van der Waals surface area contributed by atoms with Crippen LogP contribution in [0.2, 0.25) is 0 Å². The molecule has 0 atom stereocenters. The van der Waals surface area contributed by atoms with Gasteiger partial charge in [-0.15, -0.1) is 0 Å². The zero-order valence-corrected chi connectivity index (χ0v) is 15.4. The third-order valence-corrected chi connectivity index (χ3v) is 5.77. The van der Waals surface area contributed by atoms with E-state index in [4.69, 9.17) is 0 Å². The van der Waals surface area contributed by atoms with E-state index < -0.39 is 10.0 Å². The van der Waals surface area contributed by atoms with Gasteiger partial charge in [-0.05, 0) is 42.9 Å². The molecule has 0 unspecified atom stereocenters. The molecule has 1 aromatic carbocycles. The summed E-state index contributed by atoms with van der Waals surface area (Å²) in [5.41, 5.74) is 1.66. The van der Waals surface area contributed by atoms with Gasteiger partial charge in [0.25, 0.3) is 0 Å². The van der Waals surface area contributed by atoms with E-state index in [-0.39, 0.29) is 12.5 Å². The highest BCUT2D eigenvalue weighted by molar-refractivity contribution is 7.92. The Morgan fingerprint density at radius 1 is 1.17 bits per heavy atom. The minimum absolute atomic E-state index is 0.170. The Morgan fingerprint density at radius 3 is 2.33 bits per heavy atom. The predicted molar refractivity (Wildman–Crippen MR) is 97.6 cm³/mol. The fraction of sp³-hybridized carbons (Fsp3) is 0.611. The highest BCUT2D eigenvalue weighted by Gasteiger charge is 2.21. The van der Waals surface area contributed by atoms with Crippen molar-refractivity contribution in [3.63, 3.8) is 0 Å².